The molecule has 3 N–H and O–H groups in total. The topological polar surface area (TPSA) is 67.6 Å². The van der Waals surface area contributed by atoms with Gasteiger partial charge in [-0.15, -0.1) is 0 Å². The summed E-state index contributed by atoms with van der Waals surface area (Å²) in [6.45, 7) is 12.3. The Balaban J connectivity index is 4.31. The molecule has 0 saturated heterocycles. The van der Waals surface area contributed by atoms with Gasteiger partial charge in [-0.3, -0.25) is 4.79 Å². The van der Waals surface area contributed by atoms with E-state index < -0.39 is 5.54 Å². The fourth-order valence-electron chi connectivity index (χ4n) is 2.05. The van der Waals surface area contributed by atoms with E-state index in [1.54, 1.807) is 0 Å². The van der Waals surface area contributed by atoms with Gasteiger partial charge in [-0.1, -0.05) is 6.92 Å². The van der Waals surface area contributed by atoms with Crippen LogP contribution in [0.4, 0.5) is 0 Å². The summed E-state index contributed by atoms with van der Waals surface area (Å²) in [5.74, 6) is -0.298. The van der Waals surface area contributed by atoms with Gasteiger partial charge in [-0.25, -0.2) is 0 Å². The summed E-state index contributed by atoms with van der Waals surface area (Å²) < 4.78 is 5.54. The number of amides is 1. The van der Waals surface area contributed by atoms with Crippen LogP contribution < -0.4 is 11.1 Å². The first-order valence-corrected chi connectivity index (χ1v) is 7.09. The van der Waals surface area contributed by atoms with Gasteiger partial charge in [0, 0.05) is 12.6 Å². The van der Waals surface area contributed by atoms with E-state index in [-0.39, 0.29) is 18.1 Å². The number of rotatable bonds is 10. The van der Waals surface area contributed by atoms with Gasteiger partial charge in [0.25, 0.3) is 0 Å². The van der Waals surface area contributed by atoms with Gasteiger partial charge in [0.2, 0.25) is 5.91 Å². The summed E-state index contributed by atoms with van der Waals surface area (Å²) in [5, 5.41) is 3.19. The maximum absolute atomic E-state index is 11.6. The fourth-order valence-corrected chi connectivity index (χ4v) is 2.05. The molecule has 0 fully saturated rings. The molecule has 0 aliphatic heterocycles. The second-order valence-corrected chi connectivity index (χ2v) is 5.68. The second-order valence-electron chi connectivity index (χ2n) is 5.68. The minimum Gasteiger partial charge on any atom is -0.377 e. The molecule has 0 aliphatic rings. The molecule has 0 aromatic rings. The molecule has 5 nitrogen and oxygen atoms in total. The maximum atomic E-state index is 11.6. The van der Waals surface area contributed by atoms with Crippen LogP contribution in [0, 0.1) is 0 Å². The van der Waals surface area contributed by atoms with Crippen LogP contribution in [0.3, 0.4) is 0 Å². The summed E-state index contributed by atoms with van der Waals surface area (Å²) in [4.78, 5) is 13.8. The lowest BCUT2D eigenvalue weighted by Crippen LogP contribution is -2.56. The Morgan fingerprint density at radius 1 is 1.42 bits per heavy atom. The first-order chi connectivity index (χ1) is 8.73. The molecule has 0 radical (unpaired) electrons. The first-order valence-electron chi connectivity index (χ1n) is 7.09. The van der Waals surface area contributed by atoms with Gasteiger partial charge in [-0.2, -0.15) is 0 Å². The number of hydrogen-bond donors (Lipinski definition) is 2. The van der Waals surface area contributed by atoms with Crippen LogP contribution in [0.5, 0.6) is 0 Å². The largest absolute Gasteiger partial charge is 0.377 e. The van der Waals surface area contributed by atoms with Crippen LogP contribution in [-0.2, 0) is 9.53 Å². The maximum Gasteiger partial charge on any atom is 0.237 e. The van der Waals surface area contributed by atoms with Crippen LogP contribution in [0.2, 0.25) is 0 Å². The van der Waals surface area contributed by atoms with Crippen LogP contribution in [0.15, 0.2) is 0 Å². The van der Waals surface area contributed by atoms with Gasteiger partial charge in [0.1, 0.15) is 0 Å². The zero-order valence-corrected chi connectivity index (χ0v) is 13.3. The molecule has 0 aromatic carbocycles. The number of primary amides is 1. The number of nitrogens with zero attached hydrogens (tertiary/aromatic N) is 1. The highest BCUT2D eigenvalue weighted by atomic mass is 16.5. The van der Waals surface area contributed by atoms with E-state index in [9.17, 15) is 4.79 Å². The SMILES string of the molecule is CCNC(C)(CC(C)N(C)CCOC(C)C)C(N)=O. The molecule has 2 unspecified atom stereocenters. The highest BCUT2D eigenvalue weighted by Gasteiger charge is 2.32. The van der Waals surface area contributed by atoms with E-state index >= 15 is 0 Å². The van der Waals surface area contributed by atoms with Crippen molar-refractivity contribution in [3.8, 4) is 0 Å². The lowest BCUT2D eigenvalue weighted by Gasteiger charge is -2.34. The van der Waals surface area contributed by atoms with E-state index in [0.717, 1.165) is 13.1 Å². The Bertz CT molecular complexity index is 271. The normalized spacial score (nSPS) is 16.6. The van der Waals surface area contributed by atoms with Crippen molar-refractivity contribution in [2.75, 3.05) is 26.7 Å². The van der Waals surface area contributed by atoms with Crippen LogP contribution in [-0.4, -0.2) is 55.2 Å². The molecule has 19 heavy (non-hydrogen) atoms. The van der Waals surface area contributed by atoms with E-state index in [2.05, 4.69) is 17.1 Å². The van der Waals surface area contributed by atoms with E-state index in [1.807, 2.05) is 34.7 Å². The molecule has 114 valence electrons. The van der Waals surface area contributed by atoms with Crippen LogP contribution in [0.1, 0.15) is 41.0 Å². The first kappa shape index (κ1) is 18.4. The minimum atomic E-state index is -0.651. The molecule has 1 amide bonds. The summed E-state index contributed by atoms with van der Waals surface area (Å²) >= 11 is 0. The molecule has 0 aromatic heterocycles. The molecule has 0 aliphatic carbocycles. The zero-order chi connectivity index (χ0) is 15.1. The van der Waals surface area contributed by atoms with E-state index in [4.69, 9.17) is 10.5 Å². The number of nitrogens with two attached hydrogens (primary N) is 1. The second kappa shape index (κ2) is 8.51. The third-order valence-corrected chi connectivity index (χ3v) is 3.46. The van der Waals surface area contributed by atoms with Crippen LogP contribution >= 0.6 is 0 Å². The molecular formula is C14H31N3O2. The van der Waals surface area contributed by atoms with Gasteiger partial charge in [0.05, 0.1) is 18.2 Å². The Morgan fingerprint density at radius 3 is 2.42 bits per heavy atom. The molecule has 0 saturated carbocycles. The Hall–Kier alpha value is -0.650. The number of nitrogens with one attached hydrogen (secondary N) is 1. The molecule has 0 heterocycles. The Morgan fingerprint density at radius 2 is 2.00 bits per heavy atom. The Kier molecular flexibility index (Phi) is 8.22. The minimum absolute atomic E-state index is 0.251. The van der Waals surface area contributed by atoms with Gasteiger partial charge >= 0.3 is 0 Å². The zero-order valence-electron chi connectivity index (χ0n) is 13.3. The fraction of sp³-hybridized carbons (Fsp3) is 0.929. The van der Waals surface area contributed by atoms with Crippen molar-refractivity contribution in [3.63, 3.8) is 0 Å². The molecular weight excluding hydrogens is 242 g/mol. The monoisotopic (exact) mass is 273 g/mol. The standard InChI is InChI=1S/C14H31N3O2/c1-7-16-14(5,13(15)18)10-12(4)17(6)8-9-19-11(2)3/h11-12,16H,7-10H2,1-6H3,(H2,15,18). The summed E-state index contributed by atoms with van der Waals surface area (Å²) in [6.07, 6.45) is 0.940. The number of carbonyl (C=O) groups is 1. The van der Waals surface area contributed by atoms with E-state index in [1.165, 1.54) is 0 Å². The highest BCUT2D eigenvalue weighted by Crippen LogP contribution is 2.15. The van der Waals surface area contributed by atoms with Gasteiger partial charge in [0.15, 0.2) is 0 Å². The molecule has 0 rings (SSSR count). The Labute approximate surface area is 117 Å². The average molecular weight is 273 g/mol. The molecule has 2 atom stereocenters. The predicted molar refractivity (Wildman–Crippen MR) is 79.1 cm³/mol. The smallest absolute Gasteiger partial charge is 0.237 e. The van der Waals surface area contributed by atoms with Crippen molar-refractivity contribution >= 4 is 5.91 Å². The van der Waals surface area contributed by atoms with Crippen molar-refractivity contribution in [1.82, 2.24) is 10.2 Å². The predicted octanol–water partition coefficient (Wildman–Crippen LogP) is 0.975. The lowest BCUT2D eigenvalue weighted by molar-refractivity contribution is -0.124. The molecule has 0 spiro atoms. The highest BCUT2D eigenvalue weighted by molar-refractivity contribution is 5.84. The number of ether oxygens (including phenoxy) is 1. The lowest BCUT2D eigenvalue weighted by atomic mass is 9.92. The summed E-state index contributed by atoms with van der Waals surface area (Å²) in [5.41, 5.74) is 4.85. The van der Waals surface area contributed by atoms with Crippen molar-refractivity contribution in [2.24, 2.45) is 5.73 Å². The summed E-state index contributed by atoms with van der Waals surface area (Å²) in [6, 6.07) is 0.257. The molecule has 0 bridgehead atoms. The average Bonchev–Trinajstić information content (AvgIpc) is 2.28. The van der Waals surface area contributed by atoms with Crippen molar-refractivity contribution < 1.29 is 9.53 Å². The number of carbonyl (C=O) groups excluding carboxylic acids is 1. The molecule has 5 heteroatoms. The van der Waals surface area contributed by atoms with Crippen molar-refractivity contribution in [1.29, 1.82) is 0 Å². The van der Waals surface area contributed by atoms with Crippen molar-refractivity contribution in [2.45, 2.75) is 58.7 Å². The van der Waals surface area contributed by atoms with Crippen molar-refractivity contribution in [3.05, 3.63) is 0 Å². The third-order valence-electron chi connectivity index (χ3n) is 3.46. The number of likely N-dealkylation sites (N-methyl/N-ethyl adjacent to an activating group) is 2. The summed E-state index contributed by atoms with van der Waals surface area (Å²) in [7, 11) is 2.04. The number of hydrogen-bond acceptors (Lipinski definition) is 4. The third kappa shape index (κ3) is 6.89. The quantitative estimate of drug-likeness (QED) is 0.622. The van der Waals surface area contributed by atoms with Gasteiger partial charge in [-0.05, 0) is 47.7 Å². The van der Waals surface area contributed by atoms with E-state index in [0.29, 0.717) is 13.0 Å². The van der Waals surface area contributed by atoms with Crippen LogP contribution in [0.25, 0.3) is 0 Å². The van der Waals surface area contributed by atoms with Gasteiger partial charge < -0.3 is 20.7 Å².